The van der Waals surface area contributed by atoms with Crippen LogP contribution in [-0.2, 0) is 23.7 Å². The average molecular weight is 981 g/mol. The maximum absolute atomic E-state index is 12.9. The largest absolute Gasteiger partial charge is 0.462 e. The number of esters is 1. The number of carbonyl (C=O) groups is 2. The van der Waals surface area contributed by atoms with Gasteiger partial charge in [0.25, 0.3) is 0 Å². The van der Waals surface area contributed by atoms with Gasteiger partial charge in [0.05, 0.1) is 85.6 Å². The molecule has 392 valence electrons. The van der Waals surface area contributed by atoms with Gasteiger partial charge in [-0.2, -0.15) is 0 Å². The maximum atomic E-state index is 12.9. The predicted molar refractivity (Wildman–Crippen MR) is 255 cm³/mol. The predicted octanol–water partition coefficient (Wildman–Crippen LogP) is -0.363. The van der Waals surface area contributed by atoms with Crippen molar-refractivity contribution in [2.24, 2.45) is 23.3 Å². The first kappa shape index (κ1) is 59.6. The topological polar surface area (TPSA) is 349 Å². The van der Waals surface area contributed by atoms with Gasteiger partial charge in [0, 0.05) is 50.6 Å². The van der Waals surface area contributed by atoms with Crippen LogP contribution in [0.4, 0.5) is 4.79 Å². The van der Waals surface area contributed by atoms with Crippen molar-refractivity contribution in [3.05, 3.63) is 85.1 Å². The Morgan fingerprint density at radius 2 is 1.30 bits per heavy atom. The molecule has 6 unspecified atom stereocenters. The Balaban J connectivity index is 1.91. The number of nitrogens with one attached hydrogen (secondary N) is 2. The lowest BCUT2D eigenvalue weighted by Crippen LogP contribution is -2.64. The molecule has 2 bridgehead atoms. The van der Waals surface area contributed by atoms with Crippen molar-refractivity contribution in [1.82, 2.24) is 10.6 Å². The summed E-state index contributed by atoms with van der Waals surface area (Å²) in [6.07, 6.45) is 4.85. The van der Waals surface area contributed by atoms with Crippen molar-refractivity contribution >= 4 is 12.0 Å². The molecule has 19 atom stereocenters. The van der Waals surface area contributed by atoms with Crippen LogP contribution in [0.15, 0.2) is 85.1 Å². The normalized spacial score (nSPS) is 43.4. The summed E-state index contributed by atoms with van der Waals surface area (Å²) in [4.78, 5) is 25.6. The third-order valence-corrected chi connectivity index (χ3v) is 12.5. The molecule has 3 rings (SSSR count). The SMILES string of the molecule is CC1OC(O[C@H]2/C=C/C=C/C=C/C=C/C=C/C=C/C=C/[C@H](C)[C@@H](O)[C@@H](C)[C@H](C)OC(=O)C[C@H](O)C[C@H](O)CC[C@@H](O)[C@H](O)C[C@H](O)C[C@]3(O)C[C@H](O)C(NC(=O)NCCN)[C@H](C2)O3)C(O)C(N)C1O. The summed E-state index contributed by atoms with van der Waals surface area (Å²) in [5.41, 5.74) is 11.6. The van der Waals surface area contributed by atoms with Crippen LogP contribution in [-0.4, -0.2) is 180 Å². The van der Waals surface area contributed by atoms with Crippen LogP contribution in [0.2, 0.25) is 0 Å². The molecule has 20 heteroatoms. The Morgan fingerprint density at radius 3 is 1.91 bits per heavy atom. The monoisotopic (exact) mass is 981 g/mol. The molecular weight excluding hydrogens is 901 g/mol. The molecule has 0 radical (unpaired) electrons. The number of hydrogen-bond acceptors (Lipinski definition) is 18. The van der Waals surface area contributed by atoms with Crippen molar-refractivity contribution in [3.63, 3.8) is 0 Å². The smallest absolute Gasteiger partial charge is 0.315 e. The maximum Gasteiger partial charge on any atom is 0.315 e. The van der Waals surface area contributed by atoms with Gasteiger partial charge in [0.2, 0.25) is 0 Å². The highest BCUT2D eigenvalue weighted by molar-refractivity contribution is 5.74. The van der Waals surface area contributed by atoms with Crippen LogP contribution in [0.1, 0.15) is 79.1 Å². The molecule has 0 aromatic heterocycles. The van der Waals surface area contributed by atoms with E-state index in [-0.39, 0.29) is 44.7 Å². The van der Waals surface area contributed by atoms with Crippen molar-refractivity contribution in [1.29, 1.82) is 0 Å². The number of carbonyl (C=O) groups excluding carboxylic acids is 2. The Morgan fingerprint density at radius 1 is 0.710 bits per heavy atom. The van der Waals surface area contributed by atoms with Gasteiger partial charge in [0.15, 0.2) is 12.1 Å². The van der Waals surface area contributed by atoms with Gasteiger partial charge >= 0.3 is 12.0 Å². The number of hydrogen-bond donors (Lipinski definition) is 14. The van der Waals surface area contributed by atoms with E-state index in [9.17, 15) is 60.7 Å². The number of aliphatic hydroxyl groups excluding tert-OH is 9. The summed E-state index contributed by atoms with van der Waals surface area (Å²) < 4.78 is 23.6. The second-order valence-electron chi connectivity index (χ2n) is 18.4. The molecule has 3 aliphatic rings. The van der Waals surface area contributed by atoms with Gasteiger partial charge in [-0.15, -0.1) is 0 Å². The molecule has 0 spiro atoms. The molecular formula is C49H80N4O16. The van der Waals surface area contributed by atoms with Gasteiger partial charge in [-0.1, -0.05) is 98.9 Å². The highest BCUT2D eigenvalue weighted by atomic mass is 16.7. The van der Waals surface area contributed by atoms with Crippen molar-refractivity contribution in [2.45, 2.75) is 183 Å². The van der Waals surface area contributed by atoms with E-state index < -0.39 is 147 Å². The average Bonchev–Trinajstić information content (AvgIpc) is 3.28. The molecule has 2 saturated heterocycles. The van der Waals surface area contributed by atoms with Gasteiger partial charge in [0.1, 0.15) is 12.2 Å². The van der Waals surface area contributed by atoms with E-state index in [4.69, 9.17) is 30.4 Å². The number of urea groups is 1. The van der Waals surface area contributed by atoms with Crippen LogP contribution >= 0.6 is 0 Å². The molecule has 2 amide bonds. The molecule has 0 aliphatic carbocycles. The Kier molecular flexibility index (Phi) is 26.1. The zero-order chi connectivity index (χ0) is 51.3. The van der Waals surface area contributed by atoms with Gasteiger partial charge in [-0.25, -0.2) is 4.79 Å². The standard InChI is InChI=1S/C49H80N4O16/c1-29-17-15-13-11-9-7-5-6-8-10-12-14-16-18-36(68-47-46(63)42(51)45(62)32(4)67-47)26-40-43(53-48(64)52-22-21-50)39(59)28-49(65,69-40)27-35(56)24-38(58)37(57)20-19-33(54)23-34(55)25-41(60)66-31(3)30(2)44(29)61/h5-18,29-40,42-47,54-59,61-63,65H,19-28,50-51H2,1-4H3,(H2,52,53,64)/b6-5+,9-7+,10-8+,13-11+,14-12+,17-15+,18-16+/t29-,30-,31-,32?,33+,34+,35-,36-,37+,38+,39-,40-,42?,43?,44+,45?,46?,47?,49+/m0/s1. The molecule has 2 fully saturated rings. The molecule has 0 saturated carbocycles. The number of cyclic esters (lactones) is 1. The quantitative estimate of drug-likeness (QED) is 0.156. The van der Waals surface area contributed by atoms with E-state index in [2.05, 4.69) is 10.6 Å². The fraction of sp³-hybridized carbons (Fsp3) is 0.673. The first-order valence-corrected chi connectivity index (χ1v) is 23.9. The minimum Gasteiger partial charge on any atom is -0.462 e. The summed E-state index contributed by atoms with van der Waals surface area (Å²) in [5.74, 6) is -3.71. The number of rotatable bonds is 5. The minimum atomic E-state index is -2.26. The van der Waals surface area contributed by atoms with E-state index in [0.29, 0.717) is 0 Å². The van der Waals surface area contributed by atoms with Crippen molar-refractivity contribution in [3.8, 4) is 0 Å². The lowest BCUT2D eigenvalue weighted by Gasteiger charge is -2.46. The van der Waals surface area contributed by atoms with Gasteiger partial charge < -0.3 is 92.1 Å². The van der Waals surface area contributed by atoms with Crippen LogP contribution in [0, 0.1) is 11.8 Å². The minimum absolute atomic E-state index is 0.0965. The number of aliphatic hydroxyl groups is 10. The zero-order valence-corrected chi connectivity index (χ0v) is 40.1. The lowest BCUT2D eigenvalue weighted by molar-refractivity contribution is -0.303. The highest BCUT2D eigenvalue weighted by Gasteiger charge is 2.49. The summed E-state index contributed by atoms with van der Waals surface area (Å²) in [6.45, 7) is 7.01. The third-order valence-electron chi connectivity index (χ3n) is 12.5. The molecule has 3 aliphatic heterocycles. The number of amides is 2. The molecule has 0 aromatic rings. The second kappa shape index (κ2) is 30.3. The second-order valence-corrected chi connectivity index (χ2v) is 18.4. The van der Waals surface area contributed by atoms with Crippen LogP contribution < -0.4 is 22.1 Å². The van der Waals surface area contributed by atoms with Crippen LogP contribution in [0.3, 0.4) is 0 Å². The van der Waals surface area contributed by atoms with Crippen LogP contribution in [0.5, 0.6) is 0 Å². The molecule has 0 aromatic carbocycles. The number of ether oxygens (including phenoxy) is 4. The van der Waals surface area contributed by atoms with E-state index in [1.807, 2.05) is 37.3 Å². The number of fused-ring (bicyclic) bond motifs is 2. The molecule has 69 heavy (non-hydrogen) atoms. The van der Waals surface area contributed by atoms with Crippen molar-refractivity contribution in [2.75, 3.05) is 13.1 Å². The summed E-state index contributed by atoms with van der Waals surface area (Å²) in [6, 6.07) is -3.01. The third kappa shape index (κ3) is 20.9. The fourth-order valence-corrected chi connectivity index (χ4v) is 8.22. The Labute approximate surface area is 405 Å². The highest BCUT2D eigenvalue weighted by Crippen LogP contribution is 2.35. The first-order valence-electron chi connectivity index (χ1n) is 23.9. The fourth-order valence-electron chi connectivity index (χ4n) is 8.22. The van der Waals surface area contributed by atoms with E-state index in [1.54, 1.807) is 75.5 Å². The zero-order valence-electron chi connectivity index (χ0n) is 40.1. The summed E-state index contributed by atoms with van der Waals surface area (Å²) in [7, 11) is 0. The molecule has 20 nitrogen and oxygen atoms in total. The van der Waals surface area contributed by atoms with E-state index >= 15 is 0 Å². The Bertz CT molecular complexity index is 1750. The summed E-state index contributed by atoms with van der Waals surface area (Å²) in [5, 5.41) is 115. The van der Waals surface area contributed by atoms with Crippen LogP contribution in [0.25, 0.3) is 0 Å². The Hall–Kier alpha value is -3.68. The first-order chi connectivity index (χ1) is 32.6. The van der Waals surface area contributed by atoms with Gasteiger partial charge in [-0.3, -0.25) is 4.79 Å². The van der Waals surface area contributed by atoms with Gasteiger partial charge in [-0.05, 0) is 33.1 Å². The van der Waals surface area contributed by atoms with E-state index in [0.717, 1.165) is 0 Å². The molecule has 16 N–H and O–H groups in total. The number of nitrogens with two attached hydrogens (primary N) is 2. The van der Waals surface area contributed by atoms with Crippen molar-refractivity contribution < 1.29 is 79.6 Å². The number of allylic oxidation sites excluding steroid dienone is 12. The lowest BCUT2D eigenvalue weighted by atomic mass is 9.87. The summed E-state index contributed by atoms with van der Waals surface area (Å²) >= 11 is 0. The molecule has 3 heterocycles. The van der Waals surface area contributed by atoms with E-state index in [1.165, 1.54) is 0 Å².